The predicted octanol–water partition coefficient (Wildman–Crippen LogP) is 3.54. The van der Waals surface area contributed by atoms with E-state index in [0.717, 1.165) is 11.3 Å². The minimum atomic E-state index is -0.587. The Labute approximate surface area is 150 Å². The van der Waals surface area contributed by atoms with Crippen LogP contribution in [0.4, 0.5) is 10.1 Å². The van der Waals surface area contributed by atoms with Crippen LogP contribution in [0.3, 0.4) is 0 Å². The second-order valence-corrected chi connectivity index (χ2v) is 6.87. The molecule has 1 N–H and O–H groups in total. The van der Waals surface area contributed by atoms with Gasteiger partial charge in [0.1, 0.15) is 11.9 Å². The Morgan fingerprint density at radius 2 is 2.08 bits per heavy atom. The highest BCUT2D eigenvalue weighted by molar-refractivity contribution is 7.98. The quantitative estimate of drug-likeness (QED) is 0.859. The first-order valence-electron chi connectivity index (χ1n) is 8.04. The van der Waals surface area contributed by atoms with Crippen LogP contribution in [0.1, 0.15) is 22.3 Å². The molecule has 6 heteroatoms. The highest BCUT2D eigenvalue weighted by Gasteiger charge is 2.35. The summed E-state index contributed by atoms with van der Waals surface area (Å²) in [6.07, 6.45) is 2.50. The Balaban J connectivity index is 1.80. The average Bonchev–Trinajstić information content (AvgIpc) is 2.92. The molecule has 1 aliphatic rings. The monoisotopic (exact) mass is 358 g/mol. The second kappa shape index (κ2) is 7.70. The van der Waals surface area contributed by atoms with Crippen molar-refractivity contribution in [3.05, 3.63) is 65.5 Å². The van der Waals surface area contributed by atoms with Crippen molar-refractivity contribution in [3.63, 3.8) is 0 Å². The number of carbonyl (C=O) groups excluding carboxylic acids is 2. The lowest BCUT2D eigenvalue weighted by molar-refractivity contribution is -0.120. The molecule has 0 bridgehead atoms. The number of benzene rings is 2. The molecule has 0 saturated carbocycles. The van der Waals surface area contributed by atoms with Crippen molar-refractivity contribution < 1.29 is 14.0 Å². The summed E-state index contributed by atoms with van der Waals surface area (Å²) in [4.78, 5) is 27.1. The molecule has 130 valence electrons. The van der Waals surface area contributed by atoms with Crippen LogP contribution in [0.15, 0.2) is 48.5 Å². The third kappa shape index (κ3) is 3.85. The van der Waals surface area contributed by atoms with Crippen molar-refractivity contribution in [2.45, 2.75) is 19.0 Å². The summed E-state index contributed by atoms with van der Waals surface area (Å²) in [6.45, 7) is 0.421. The molecule has 3 rings (SSSR count). The van der Waals surface area contributed by atoms with Crippen LogP contribution >= 0.6 is 11.8 Å². The van der Waals surface area contributed by atoms with Crippen LogP contribution in [0.25, 0.3) is 0 Å². The van der Waals surface area contributed by atoms with Crippen LogP contribution in [0.5, 0.6) is 0 Å². The molecule has 2 aromatic rings. The van der Waals surface area contributed by atoms with Crippen LogP contribution < -0.4 is 5.32 Å². The minimum absolute atomic E-state index is 0.129. The predicted molar refractivity (Wildman–Crippen MR) is 98.1 cm³/mol. The van der Waals surface area contributed by atoms with Gasteiger partial charge in [0.15, 0.2) is 0 Å². The first kappa shape index (κ1) is 17.5. The number of carbonyl (C=O) groups is 2. The van der Waals surface area contributed by atoms with E-state index in [1.165, 1.54) is 12.1 Å². The summed E-state index contributed by atoms with van der Waals surface area (Å²) in [5.41, 5.74) is 1.97. The van der Waals surface area contributed by atoms with Gasteiger partial charge in [-0.1, -0.05) is 24.3 Å². The van der Waals surface area contributed by atoms with Crippen LogP contribution in [-0.2, 0) is 11.3 Å². The summed E-state index contributed by atoms with van der Waals surface area (Å²) in [6, 6.07) is 12.6. The van der Waals surface area contributed by atoms with E-state index in [9.17, 15) is 14.0 Å². The van der Waals surface area contributed by atoms with Crippen molar-refractivity contribution in [2.24, 2.45) is 0 Å². The molecule has 1 heterocycles. The number of anilines is 1. The van der Waals surface area contributed by atoms with E-state index in [4.69, 9.17) is 0 Å². The van der Waals surface area contributed by atoms with Crippen LogP contribution in [0.2, 0.25) is 0 Å². The molecular weight excluding hydrogens is 339 g/mol. The fourth-order valence-corrected chi connectivity index (χ4v) is 3.44. The molecule has 0 fully saturated rings. The highest BCUT2D eigenvalue weighted by atomic mass is 32.2. The molecule has 0 aliphatic carbocycles. The lowest BCUT2D eigenvalue weighted by Gasteiger charge is -2.26. The summed E-state index contributed by atoms with van der Waals surface area (Å²) in [5.74, 6) is -0.0820. The van der Waals surface area contributed by atoms with Gasteiger partial charge < -0.3 is 10.2 Å². The third-order valence-corrected chi connectivity index (χ3v) is 4.86. The van der Waals surface area contributed by atoms with Crippen molar-refractivity contribution in [1.82, 2.24) is 4.90 Å². The van der Waals surface area contributed by atoms with Gasteiger partial charge in [-0.05, 0) is 48.3 Å². The van der Waals surface area contributed by atoms with E-state index in [0.29, 0.717) is 24.2 Å². The number of fused-ring (bicyclic) bond motifs is 1. The summed E-state index contributed by atoms with van der Waals surface area (Å²) >= 11 is 1.62. The Hall–Kier alpha value is -2.34. The highest BCUT2D eigenvalue weighted by Crippen LogP contribution is 2.26. The Bertz CT molecular complexity index is 796. The molecule has 0 aromatic heterocycles. The standard InChI is InChI=1S/C19H19FN2O2S/c1-25-10-9-17(18(23)21-15-7-4-6-14(20)11-15)22-12-13-5-2-3-8-16(13)19(22)24/h2-8,11,17H,9-10,12H2,1H3,(H,21,23)/t17-/m0/s1. The summed E-state index contributed by atoms with van der Waals surface area (Å²) in [5, 5.41) is 2.73. The molecular formula is C19H19FN2O2S. The van der Waals surface area contributed by atoms with Gasteiger partial charge in [-0.2, -0.15) is 11.8 Å². The first-order valence-corrected chi connectivity index (χ1v) is 9.44. The molecule has 0 spiro atoms. The third-order valence-electron chi connectivity index (χ3n) is 4.22. The molecule has 25 heavy (non-hydrogen) atoms. The first-order chi connectivity index (χ1) is 12.1. The Morgan fingerprint density at radius 1 is 1.28 bits per heavy atom. The summed E-state index contributed by atoms with van der Waals surface area (Å²) < 4.78 is 13.3. The second-order valence-electron chi connectivity index (χ2n) is 5.89. The zero-order chi connectivity index (χ0) is 17.8. The maximum atomic E-state index is 13.3. The zero-order valence-corrected chi connectivity index (χ0v) is 14.7. The van der Waals surface area contributed by atoms with E-state index in [1.54, 1.807) is 34.9 Å². The molecule has 2 amide bonds. The smallest absolute Gasteiger partial charge is 0.255 e. The molecule has 0 unspecified atom stereocenters. The van der Waals surface area contributed by atoms with Gasteiger partial charge in [-0.25, -0.2) is 4.39 Å². The number of hydrogen-bond acceptors (Lipinski definition) is 3. The molecule has 2 aromatic carbocycles. The van der Waals surface area contributed by atoms with E-state index in [1.807, 2.05) is 24.5 Å². The normalized spacial score (nSPS) is 14.3. The number of thioether (sulfide) groups is 1. The number of hydrogen-bond donors (Lipinski definition) is 1. The average molecular weight is 358 g/mol. The Morgan fingerprint density at radius 3 is 2.80 bits per heavy atom. The van der Waals surface area contributed by atoms with Crippen molar-refractivity contribution in [2.75, 3.05) is 17.3 Å². The molecule has 1 aliphatic heterocycles. The lowest BCUT2D eigenvalue weighted by Crippen LogP contribution is -2.44. The zero-order valence-electron chi connectivity index (χ0n) is 13.9. The number of rotatable bonds is 6. The van der Waals surface area contributed by atoms with Crippen LogP contribution in [0, 0.1) is 5.82 Å². The van der Waals surface area contributed by atoms with E-state index >= 15 is 0 Å². The van der Waals surface area contributed by atoms with Gasteiger partial charge in [0.2, 0.25) is 5.91 Å². The van der Waals surface area contributed by atoms with Gasteiger partial charge in [-0.3, -0.25) is 9.59 Å². The fraction of sp³-hybridized carbons (Fsp3) is 0.263. The van der Waals surface area contributed by atoms with E-state index in [-0.39, 0.29) is 11.8 Å². The maximum absolute atomic E-state index is 13.3. The number of amides is 2. The van der Waals surface area contributed by atoms with Gasteiger partial charge in [-0.15, -0.1) is 0 Å². The number of nitrogens with one attached hydrogen (secondary N) is 1. The van der Waals surface area contributed by atoms with Crippen molar-refractivity contribution in [3.8, 4) is 0 Å². The number of halogens is 1. The molecule has 4 nitrogen and oxygen atoms in total. The van der Waals surface area contributed by atoms with Gasteiger partial charge in [0.05, 0.1) is 0 Å². The van der Waals surface area contributed by atoms with Gasteiger partial charge in [0, 0.05) is 17.8 Å². The molecule has 1 atom stereocenters. The van der Waals surface area contributed by atoms with Gasteiger partial charge >= 0.3 is 0 Å². The van der Waals surface area contributed by atoms with Gasteiger partial charge in [0.25, 0.3) is 5.91 Å². The maximum Gasteiger partial charge on any atom is 0.255 e. The van der Waals surface area contributed by atoms with Crippen LogP contribution in [-0.4, -0.2) is 34.8 Å². The molecule has 0 saturated heterocycles. The Kier molecular flexibility index (Phi) is 5.38. The largest absolute Gasteiger partial charge is 0.324 e. The number of nitrogens with zero attached hydrogens (tertiary/aromatic N) is 1. The topological polar surface area (TPSA) is 49.4 Å². The van der Waals surface area contributed by atoms with E-state index in [2.05, 4.69) is 5.32 Å². The van der Waals surface area contributed by atoms with E-state index < -0.39 is 11.9 Å². The van der Waals surface area contributed by atoms with Crippen molar-refractivity contribution in [1.29, 1.82) is 0 Å². The fourth-order valence-electron chi connectivity index (χ4n) is 2.98. The van der Waals surface area contributed by atoms with Crippen molar-refractivity contribution >= 4 is 29.3 Å². The molecule has 0 radical (unpaired) electrons. The summed E-state index contributed by atoms with van der Waals surface area (Å²) in [7, 11) is 0. The minimum Gasteiger partial charge on any atom is -0.324 e. The lowest BCUT2D eigenvalue weighted by atomic mass is 10.1. The SMILES string of the molecule is CSCC[C@@H](C(=O)Nc1cccc(F)c1)N1Cc2ccccc2C1=O.